The summed E-state index contributed by atoms with van der Waals surface area (Å²) >= 11 is 0. The van der Waals surface area contributed by atoms with Gasteiger partial charge in [0.15, 0.2) is 0 Å². The number of anilines is 2. The number of carbonyl (C=O) groups is 1. The number of benzene rings is 2. The van der Waals surface area contributed by atoms with Crippen LogP contribution in [0.15, 0.2) is 60.7 Å². The minimum Gasteiger partial charge on any atom is -0.323 e. The molecule has 1 aliphatic heterocycles. The van der Waals surface area contributed by atoms with Crippen LogP contribution in [0.5, 0.6) is 0 Å². The van der Waals surface area contributed by atoms with Crippen molar-refractivity contribution in [2.75, 3.05) is 21.9 Å². The number of amides is 1. The highest BCUT2D eigenvalue weighted by Crippen LogP contribution is 2.25. The van der Waals surface area contributed by atoms with Crippen molar-refractivity contribution in [3.8, 4) is 0 Å². The molecule has 1 amide bonds. The maximum Gasteiger partial charge on any atom is 0.248 e. The fraction of sp³-hybridized carbons (Fsp3) is 0.167. The zero-order valence-corrected chi connectivity index (χ0v) is 13.9. The number of carbonyl (C=O) groups excluding carboxylic acids is 1. The fourth-order valence-corrected chi connectivity index (χ4v) is 4.13. The van der Waals surface area contributed by atoms with Gasteiger partial charge in [0.2, 0.25) is 15.9 Å². The molecule has 0 bridgehead atoms. The molecule has 3 rings (SSSR count). The Bertz CT molecular complexity index is 844. The highest BCUT2D eigenvalue weighted by Gasteiger charge is 2.28. The van der Waals surface area contributed by atoms with E-state index in [4.69, 9.17) is 0 Å². The van der Waals surface area contributed by atoms with Gasteiger partial charge in [-0.25, -0.2) is 8.42 Å². The maximum absolute atomic E-state index is 11.9. The van der Waals surface area contributed by atoms with Gasteiger partial charge in [0.05, 0.1) is 11.4 Å². The Labute approximate surface area is 141 Å². The van der Waals surface area contributed by atoms with Crippen LogP contribution in [0.4, 0.5) is 11.4 Å². The molecule has 2 aromatic carbocycles. The van der Waals surface area contributed by atoms with E-state index in [-0.39, 0.29) is 11.7 Å². The summed E-state index contributed by atoms with van der Waals surface area (Å²) in [6, 6.07) is 16.4. The number of nitrogens with one attached hydrogen (secondary N) is 1. The number of hydrogen-bond donors (Lipinski definition) is 1. The molecule has 1 aliphatic rings. The van der Waals surface area contributed by atoms with Crippen LogP contribution in [0.3, 0.4) is 0 Å². The van der Waals surface area contributed by atoms with E-state index in [1.165, 1.54) is 10.4 Å². The summed E-state index contributed by atoms with van der Waals surface area (Å²) in [5.41, 5.74) is 2.20. The lowest BCUT2D eigenvalue weighted by Crippen LogP contribution is -2.24. The molecule has 0 radical (unpaired) electrons. The van der Waals surface area contributed by atoms with Crippen molar-refractivity contribution in [3.63, 3.8) is 0 Å². The predicted octanol–water partition coefficient (Wildman–Crippen LogP) is 2.88. The quantitative estimate of drug-likeness (QED) is 0.869. The summed E-state index contributed by atoms with van der Waals surface area (Å²) in [6.45, 7) is 0.508. The van der Waals surface area contributed by atoms with Crippen molar-refractivity contribution in [1.82, 2.24) is 0 Å². The van der Waals surface area contributed by atoms with Crippen molar-refractivity contribution < 1.29 is 13.2 Å². The van der Waals surface area contributed by atoms with Crippen LogP contribution in [0.25, 0.3) is 6.08 Å². The van der Waals surface area contributed by atoms with Gasteiger partial charge in [0.1, 0.15) is 0 Å². The van der Waals surface area contributed by atoms with Crippen molar-refractivity contribution in [2.24, 2.45) is 0 Å². The molecule has 24 heavy (non-hydrogen) atoms. The van der Waals surface area contributed by atoms with Gasteiger partial charge in [-0.3, -0.25) is 9.10 Å². The molecular weight excluding hydrogens is 324 g/mol. The monoisotopic (exact) mass is 342 g/mol. The average molecular weight is 342 g/mol. The van der Waals surface area contributed by atoms with E-state index in [0.717, 1.165) is 5.56 Å². The van der Waals surface area contributed by atoms with Crippen LogP contribution >= 0.6 is 0 Å². The lowest BCUT2D eigenvalue weighted by atomic mass is 10.2. The fourth-order valence-electron chi connectivity index (χ4n) is 2.56. The van der Waals surface area contributed by atoms with Gasteiger partial charge in [0, 0.05) is 18.3 Å². The summed E-state index contributed by atoms with van der Waals surface area (Å²) in [5, 5.41) is 2.76. The van der Waals surface area contributed by atoms with Crippen LogP contribution in [0.1, 0.15) is 12.0 Å². The molecule has 0 aliphatic carbocycles. The van der Waals surface area contributed by atoms with Gasteiger partial charge in [-0.15, -0.1) is 0 Å². The van der Waals surface area contributed by atoms with E-state index in [1.54, 1.807) is 30.3 Å². The SMILES string of the molecule is O=C(/C=C/c1ccccc1)Nc1ccc(N2CCCS2(=O)=O)cc1. The first-order valence-electron chi connectivity index (χ1n) is 7.69. The van der Waals surface area contributed by atoms with Gasteiger partial charge >= 0.3 is 0 Å². The topological polar surface area (TPSA) is 66.5 Å². The standard InChI is InChI=1S/C18H18N2O3S/c21-18(12-7-15-5-2-1-3-6-15)19-16-8-10-17(11-9-16)20-13-4-14-24(20,22)23/h1-3,5-12H,4,13-14H2,(H,19,21)/b12-7+. The first kappa shape index (κ1) is 16.3. The van der Waals surface area contributed by atoms with Crippen molar-refractivity contribution >= 4 is 33.4 Å². The van der Waals surface area contributed by atoms with Crippen LogP contribution in [0, 0.1) is 0 Å². The summed E-state index contributed by atoms with van der Waals surface area (Å²) in [6.07, 6.45) is 3.85. The second-order valence-electron chi connectivity index (χ2n) is 5.52. The van der Waals surface area contributed by atoms with Crippen LogP contribution in [-0.2, 0) is 14.8 Å². The first-order chi connectivity index (χ1) is 11.5. The average Bonchev–Trinajstić information content (AvgIpc) is 2.94. The zero-order chi connectivity index (χ0) is 17.0. The molecule has 1 saturated heterocycles. The maximum atomic E-state index is 11.9. The van der Waals surface area contributed by atoms with Gasteiger partial charge < -0.3 is 5.32 Å². The minimum absolute atomic E-state index is 0.190. The Balaban J connectivity index is 1.64. The molecule has 1 heterocycles. The highest BCUT2D eigenvalue weighted by molar-refractivity contribution is 7.93. The molecular formula is C18H18N2O3S. The number of hydrogen-bond acceptors (Lipinski definition) is 3. The third kappa shape index (κ3) is 3.83. The van der Waals surface area contributed by atoms with Crippen molar-refractivity contribution in [2.45, 2.75) is 6.42 Å². The van der Waals surface area contributed by atoms with Crippen LogP contribution in [0.2, 0.25) is 0 Å². The minimum atomic E-state index is -3.18. The van der Waals surface area contributed by atoms with Gasteiger partial charge in [-0.1, -0.05) is 30.3 Å². The first-order valence-corrected chi connectivity index (χ1v) is 9.30. The van der Waals surface area contributed by atoms with Gasteiger partial charge in [-0.2, -0.15) is 0 Å². The van der Waals surface area contributed by atoms with Crippen molar-refractivity contribution in [3.05, 3.63) is 66.2 Å². The Kier molecular flexibility index (Phi) is 4.66. The van der Waals surface area contributed by atoms with E-state index in [2.05, 4.69) is 5.32 Å². The molecule has 124 valence electrons. The lowest BCUT2D eigenvalue weighted by Gasteiger charge is -2.17. The third-order valence-electron chi connectivity index (χ3n) is 3.75. The van der Waals surface area contributed by atoms with Gasteiger partial charge in [0.25, 0.3) is 0 Å². The Morgan fingerprint density at radius 2 is 1.75 bits per heavy atom. The second kappa shape index (κ2) is 6.88. The molecule has 1 fully saturated rings. The largest absolute Gasteiger partial charge is 0.323 e. The second-order valence-corrected chi connectivity index (χ2v) is 7.53. The summed E-state index contributed by atoms with van der Waals surface area (Å²) < 4.78 is 25.2. The lowest BCUT2D eigenvalue weighted by molar-refractivity contribution is -0.111. The predicted molar refractivity (Wildman–Crippen MR) is 96.3 cm³/mol. The molecule has 0 saturated carbocycles. The number of sulfonamides is 1. The van der Waals surface area contributed by atoms with E-state index in [9.17, 15) is 13.2 Å². The molecule has 1 N–H and O–H groups in total. The van der Waals surface area contributed by atoms with Gasteiger partial charge in [-0.05, 0) is 42.3 Å². The summed E-state index contributed by atoms with van der Waals surface area (Å²) in [4.78, 5) is 11.9. The van der Waals surface area contributed by atoms with E-state index >= 15 is 0 Å². The molecule has 5 nitrogen and oxygen atoms in total. The van der Waals surface area contributed by atoms with E-state index < -0.39 is 10.0 Å². The molecule has 0 aromatic heterocycles. The Morgan fingerprint density at radius 3 is 2.38 bits per heavy atom. The molecule has 2 aromatic rings. The van der Waals surface area contributed by atoms with Crippen LogP contribution < -0.4 is 9.62 Å². The molecule has 6 heteroatoms. The summed E-state index contributed by atoms with van der Waals surface area (Å²) in [5.74, 6) is -0.0455. The molecule has 0 atom stereocenters. The normalized spacial score (nSPS) is 16.4. The molecule has 0 unspecified atom stereocenters. The zero-order valence-electron chi connectivity index (χ0n) is 13.1. The number of nitrogens with zero attached hydrogens (tertiary/aromatic N) is 1. The van der Waals surface area contributed by atoms with Crippen molar-refractivity contribution in [1.29, 1.82) is 0 Å². The number of rotatable bonds is 4. The third-order valence-corrected chi connectivity index (χ3v) is 5.62. The smallest absolute Gasteiger partial charge is 0.248 e. The van der Waals surface area contributed by atoms with E-state index in [0.29, 0.717) is 24.3 Å². The Hall–Kier alpha value is -2.60. The Morgan fingerprint density at radius 1 is 1.04 bits per heavy atom. The van der Waals surface area contributed by atoms with E-state index in [1.807, 2.05) is 30.3 Å². The molecule has 0 spiro atoms. The highest BCUT2D eigenvalue weighted by atomic mass is 32.2. The van der Waals surface area contributed by atoms with Crippen LogP contribution in [-0.4, -0.2) is 26.6 Å². The summed E-state index contributed by atoms with van der Waals surface area (Å²) in [7, 11) is -3.18.